The number of nitrogens with zero attached hydrogens (tertiary/aromatic N) is 5. The summed E-state index contributed by atoms with van der Waals surface area (Å²) in [7, 11) is 0. The SMILES string of the molecule is CCCCCCCCn1c(=C(C#N)C#N)s/c(=c2/s/c(=C/c3ccc4c(c3)C3CCCC3N4c3ccc4c(c3)C(CCCCCCCC)(CCCCCCCC)c3ccccc3-4)c(=O)n2CC(=O)O)c1=O. The second-order valence-corrected chi connectivity index (χ2v) is 22.5. The van der Waals surface area contributed by atoms with E-state index in [1.165, 1.54) is 134 Å². The van der Waals surface area contributed by atoms with Crippen LogP contribution in [0.5, 0.6) is 0 Å². The van der Waals surface area contributed by atoms with Crippen molar-refractivity contribution >= 4 is 51.7 Å². The Morgan fingerprint density at radius 2 is 1.35 bits per heavy atom. The van der Waals surface area contributed by atoms with Crippen molar-refractivity contribution in [2.45, 2.75) is 199 Å². The van der Waals surface area contributed by atoms with Gasteiger partial charge in [-0.05, 0) is 95.8 Å². The Labute approximate surface area is 428 Å². The summed E-state index contributed by atoms with van der Waals surface area (Å²) in [4.78, 5) is 43.3. The zero-order valence-corrected chi connectivity index (χ0v) is 44.0. The predicted molar refractivity (Wildman–Crippen MR) is 291 cm³/mol. The molecule has 0 bridgehead atoms. The zero-order chi connectivity index (χ0) is 49.9. The first kappa shape index (κ1) is 51.9. The van der Waals surface area contributed by atoms with Crippen LogP contribution in [0, 0.1) is 31.9 Å². The molecule has 3 aliphatic rings. The molecule has 9 nitrogen and oxygen atoms in total. The number of hydrogen-bond acceptors (Lipinski definition) is 8. The molecular formula is C60H73N5O4S2. The van der Waals surface area contributed by atoms with Gasteiger partial charge in [-0.2, -0.15) is 10.5 Å². The number of carboxylic acids is 1. The second-order valence-electron chi connectivity index (χ2n) is 20.4. The average molecular weight is 992 g/mol. The number of unbranched alkanes of at least 4 members (excludes halogenated alkanes) is 15. The van der Waals surface area contributed by atoms with Crippen LogP contribution < -0.4 is 25.2 Å². The average Bonchev–Trinajstić information content (AvgIpc) is 4.18. The number of rotatable bonds is 25. The van der Waals surface area contributed by atoms with Crippen LogP contribution in [0.1, 0.15) is 197 Å². The van der Waals surface area contributed by atoms with Gasteiger partial charge < -0.3 is 10.0 Å². The lowest BCUT2D eigenvalue weighted by molar-refractivity contribution is -0.137. The molecule has 0 spiro atoms. The van der Waals surface area contributed by atoms with Gasteiger partial charge in [-0.1, -0.05) is 173 Å². The Bertz CT molecular complexity index is 3090. The minimum Gasteiger partial charge on any atom is -0.480 e. The standard InChI is InChI=1S/C60H73N5O4S2/c1-4-7-10-13-16-21-33-60(34-22-17-14-11-8-5-2)49-27-20-19-25-45(49)46-31-30-44(38-50(46)60)65-51-28-24-26-47(51)48-36-42(29-32-52(48)65)37-53-56(68)64(41-54(66)67)59(70-53)55-57(69)63(35-23-18-15-12-9-6-3)58(71-55)43(39-61)40-62/h19-20,25,27,29-32,36-38,47,51H,4-18,21-24,26,28,33-35,41H2,1-3H3,(H,66,67)/b53-37+,59-55+. The maximum Gasteiger partial charge on any atom is 0.323 e. The van der Waals surface area contributed by atoms with E-state index in [0.29, 0.717) is 29.5 Å². The molecule has 71 heavy (non-hydrogen) atoms. The van der Waals surface area contributed by atoms with E-state index in [1.54, 1.807) is 0 Å². The predicted octanol–water partition coefficient (Wildman–Crippen LogP) is 13.4. The van der Waals surface area contributed by atoms with E-state index >= 15 is 0 Å². The Kier molecular flexibility index (Phi) is 17.7. The summed E-state index contributed by atoms with van der Waals surface area (Å²) in [6.07, 6.45) is 28.9. The van der Waals surface area contributed by atoms with Crippen molar-refractivity contribution in [3.8, 4) is 23.3 Å². The third-order valence-electron chi connectivity index (χ3n) is 15.7. The van der Waals surface area contributed by atoms with Gasteiger partial charge in [0.25, 0.3) is 11.1 Å². The van der Waals surface area contributed by atoms with Crippen molar-refractivity contribution in [2.75, 3.05) is 4.90 Å². The summed E-state index contributed by atoms with van der Waals surface area (Å²) in [6, 6.07) is 27.3. The van der Waals surface area contributed by atoms with Gasteiger partial charge in [0.15, 0.2) is 5.57 Å². The van der Waals surface area contributed by atoms with E-state index in [0.717, 1.165) is 84.2 Å². The number of carboxylic acid groups (broad SMARTS) is 1. The number of anilines is 2. The molecule has 2 unspecified atom stereocenters. The number of carbonyl (C=O) groups is 1. The molecule has 1 saturated carbocycles. The summed E-state index contributed by atoms with van der Waals surface area (Å²) in [5.41, 5.74) is 9.29. The van der Waals surface area contributed by atoms with Crippen LogP contribution in [0.3, 0.4) is 0 Å². The van der Waals surface area contributed by atoms with Crippen molar-refractivity contribution in [2.24, 2.45) is 0 Å². The molecule has 2 aliphatic carbocycles. The lowest BCUT2D eigenvalue weighted by atomic mass is 9.70. The minimum absolute atomic E-state index is 0.0152. The fraction of sp³-hybridized carbons (Fsp3) is 0.517. The maximum absolute atomic E-state index is 14.2. The maximum atomic E-state index is 14.2. The van der Waals surface area contributed by atoms with Gasteiger partial charge in [0.1, 0.15) is 32.5 Å². The molecule has 0 radical (unpaired) electrons. The first-order valence-corrected chi connectivity index (χ1v) is 28.7. The number of aliphatic carboxylic acids is 1. The smallest absolute Gasteiger partial charge is 0.323 e. The second kappa shape index (κ2) is 24.3. The fourth-order valence-corrected chi connectivity index (χ4v) is 14.6. The molecule has 0 saturated heterocycles. The lowest BCUT2D eigenvalue weighted by Crippen LogP contribution is -2.30. The molecule has 2 atom stereocenters. The molecule has 1 aliphatic heterocycles. The summed E-state index contributed by atoms with van der Waals surface area (Å²) in [5.74, 6) is -0.867. The molecule has 0 amide bonds. The summed E-state index contributed by atoms with van der Waals surface area (Å²) in [5, 5.41) is 29.8. The highest BCUT2D eigenvalue weighted by Crippen LogP contribution is 2.57. The van der Waals surface area contributed by atoms with Gasteiger partial charge in [-0.3, -0.25) is 23.5 Å². The van der Waals surface area contributed by atoms with E-state index in [4.69, 9.17) is 0 Å². The number of nitriles is 2. The van der Waals surface area contributed by atoms with Crippen LogP contribution in [-0.2, 0) is 23.3 Å². The quantitative estimate of drug-likeness (QED) is 0.0576. The molecule has 11 heteroatoms. The highest BCUT2D eigenvalue weighted by Gasteiger charge is 2.45. The summed E-state index contributed by atoms with van der Waals surface area (Å²) in [6.45, 7) is 6.44. The van der Waals surface area contributed by atoms with Crippen molar-refractivity contribution < 1.29 is 9.90 Å². The van der Waals surface area contributed by atoms with Crippen molar-refractivity contribution in [1.29, 1.82) is 10.5 Å². The van der Waals surface area contributed by atoms with Crippen molar-refractivity contribution in [3.63, 3.8) is 0 Å². The zero-order valence-electron chi connectivity index (χ0n) is 42.4. The molecule has 3 aromatic carbocycles. The number of fused-ring (bicyclic) bond motifs is 6. The third kappa shape index (κ3) is 11.0. The van der Waals surface area contributed by atoms with Gasteiger partial charge in [0.05, 0.1) is 4.53 Å². The van der Waals surface area contributed by atoms with Crippen molar-refractivity contribution in [1.82, 2.24) is 9.13 Å². The number of thiazole rings is 2. The molecular weight excluding hydrogens is 919 g/mol. The molecule has 8 rings (SSSR count). The van der Waals surface area contributed by atoms with Gasteiger partial charge in [0.2, 0.25) is 0 Å². The molecule has 2 aromatic heterocycles. The topological polar surface area (TPSA) is 132 Å². The minimum atomic E-state index is -1.20. The van der Waals surface area contributed by atoms with Crippen LogP contribution in [0.2, 0.25) is 0 Å². The van der Waals surface area contributed by atoms with Crippen LogP contribution >= 0.6 is 22.7 Å². The van der Waals surface area contributed by atoms with E-state index in [9.17, 15) is 30.0 Å². The van der Waals surface area contributed by atoms with Crippen LogP contribution in [0.25, 0.3) is 22.8 Å². The molecule has 3 heterocycles. The van der Waals surface area contributed by atoms with E-state index < -0.39 is 23.6 Å². The van der Waals surface area contributed by atoms with Gasteiger partial charge in [-0.25, -0.2) is 0 Å². The first-order chi connectivity index (χ1) is 34.7. The van der Waals surface area contributed by atoms with Crippen LogP contribution in [0.15, 0.2) is 70.3 Å². The number of benzene rings is 3. The van der Waals surface area contributed by atoms with Crippen LogP contribution in [-0.4, -0.2) is 26.3 Å². The monoisotopic (exact) mass is 992 g/mol. The van der Waals surface area contributed by atoms with Crippen LogP contribution in [0.4, 0.5) is 11.4 Å². The van der Waals surface area contributed by atoms with E-state index in [-0.39, 0.29) is 24.8 Å². The van der Waals surface area contributed by atoms with E-state index in [1.807, 2.05) is 18.2 Å². The largest absolute Gasteiger partial charge is 0.480 e. The highest BCUT2D eigenvalue weighted by molar-refractivity contribution is 7.11. The molecule has 1 N–H and O–H groups in total. The van der Waals surface area contributed by atoms with Gasteiger partial charge >= 0.3 is 5.97 Å². The Morgan fingerprint density at radius 3 is 2.01 bits per heavy atom. The number of hydrogen-bond donors (Lipinski definition) is 1. The molecule has 5 aromatic rings. The normalized spacial score (nSPS) is 16.9. The lowest BCUT2D eigenvalue weighted by Gasteiger charge is -2.34. The third-order valence-corrected chi connectivity index (χ3v) is 18.2. The molecule has 1 fully saturated rings. The first-order valence-electron chi connectivity index (χ1n) is 27.1. The summed E-state index contributed by atoms with van der Waals surface area (Å²) < 4.78 is 3.58. The fourth-order valence-electron chi connectivity index (χ4n) is 12.2. The van der Waals surface area contributed by atoms with E-state index in [2.05, 4.69) is 86.3 Å². The van der Waals surface area contributed by atoms with Gasteiger partial charge in [0, 0.05) is 35.3 Å². The Balaban J connectivity index is 1.18. The number of aromatic nitrogens is 2. The van der Waals surface area contributed by atoms with Gasteiger partial charge in [-0.15, -0.1) is 22.7 Å². The summed E-state index contributed by atoms with van der Waals surface area (Å²) >= 11 is 2.08. The Hall–Kier alpha value is -5.49. The highest BCUT2D eigenvalue weighted by atomic mass is 32.1. The van der Waals surface area contributed by atoms with Crippen molar-refractivity contribution in [3.05, 3.63) is 122 Å². The molecule has 374 valence electrons. The Morgan fingerprint density at radius 1 is 0.718 bits per heavy atom.